The Balaban J connectivity index is 1.31. The fraction of sp³-hybridized carbons (Fsp3) is 0.238. The second-order valence-electron chi connectivity index (χ2n) is 6.78. The summed E-state index contributed by atoms with van der Waals surface area (Å²) >= 11 is 6.17. The van der Waals surface area contributed by atoms with Crippen molar-refractivity contribution in [3.8, 4) is 0 Å². The standard InChI is InChI=1S/C21H21ClN6O/c22-18-6-2-1-4-16(18)14-21(29)28-12-10-27(11-13-28)20-8-7-19(25-26-20)24-17-5-3-9-23-15-17/h1-9,15H,10-14H2,(H,24,25). The van der Waals surface area contributed by atoms with Crippen molar-refractivity contribution in [2.75, 3.05) is 36.4 Å². The van der Waals surface area contributed by atoms with Gasteiger partial charge in [-0.2, -0.15) is 0 Å². The molecule has 29 heavy (non-hydrogen) atoms. The maximum atomic E-state index is 12.6. The summed E-state index contributed by atoms with van der Waals surface area (Å²) in [5, 5.41) is 12.4. The smallest absolute Gasteiger partial charge is 0.227 e. The molecule has 1 saturated heterocycles. The van der Waals surface area contributed by atoms with E-state index in [9.17, 15) is 4.79 Å². The maximum Gasteiger partial charge on any atom is 0.227 e. The van der Waals surface area contributed by atoms with Crippen LogP contribution >= 0.6 is 11.6 Å². The Morgan fingerprint density at radius 2 is 1.83 bits per heavy atom. The normalized spacial score (nSPS) is 14.0. The highest BCUT2D eigenvalue weighted by Gasteiger charge is 2.22. The first-order valence-corrected chi connectivity index (χ1v) is 9.84. The van der Waals surface area contributed by atoms with Crippen LogP contribution < -0.4 is 10.2 Å². The van der Waals surface area contributed by atoms with Crippen LogP contribution in [0.5, 0.6) is 0 Å². The molecule has 3 aromatic rings. The Labute approximate surface area is 174 Å². The van der Waals surface area contributed by atoms with Crippen molar-refractivity contribution in [3.63, 3.8) is 0 Å². The van der Waals surface area contributed by atoms with Crippen molar-refractivity contribution in [1.29, 1.82) is 0 Å². The van der Waals surface area contributed by atoms with Crippen LogP contribution in [0.3, 0.4) is 0 Å². The summed E-state index contributed by atoms with van der Waals surface area (Å²) < 4.78 is 0. The number of amides is 1. The summed E-state index contributed by atoms with van der Waals surface area (Å²) in [6.07, 6.45) is 3.78. The van der Waals surface area contributed by atoms with Gasteiger partial charge in [0.05, 0.1) is 18.3 Å². The van der Waals surface area contributed by atoms with Crippen molar-refractivity contribution < 1.29 is 4.79 Å². The fourth-order valence-electron chi connectivity index (χ4n) is 3.25. The van der Waals surface area contributed by atoms with Crippen LogP contribution in [0.15, 0.2) is 60.9 Å². The minimum absolute atomic E-state index is 0.0971. The molecule has 7 nitrogen and oxygen atoms in total. The van der Waals surface area contributed by atoms with Crippen LogP contribution in [0.1, 0.15) is 5.56 Å². The van der Waals surface area contributed by atoms with E-state index in [1.54, 1.807) is 12.4 Å². The molecule has 1 N–H and O–H groups in total. The summed E-state index contributed by atoms with van der Waals surface area (Å²) in [5.74, 6) is 1.56. The van der Waals surface area contributed by atoms with Crippen LogP contribution in [0.2, 0.25) is 5.02 Å². The first-order chi connectivity index (χ1) is 14.2. The fourth-order valence-corrected chi connectivity index (χ4v) is 3.45. The Morgan fingerprint density at radius 1 is 1.00 bits per heavy atom. The lowest BCUT2D eigenvalue weighted by atomic mass is 10.1. The third kappa shape index (κ3) is 4.81. The van der Waals surface area contributed by atoms with Crippen molar-refractivity contribution in [2.24, 2.45) is 0 Å². The Morgan fingerprint density at radius 3 is 2.52 bits per heavy atom. The van der Waals surface area contributed by atoms with Gasteiger partial charge in [0.1, 0.15) is 0 Å². The molecule has 3 heterocycles. The van der Waals surface area contributed by atoms with E-state index in [2.05, 4.69) is 25.4 Å². The topological polar surface area (TPSA) is 74.2 Å². The molecule has 2 aromatic heterocycles. The molecule has 0 unspecified atom stereocenters. The summed E-state index contributed by atoms with van der Waals surface area (Å²) in [7, 11) is 0. The summed E-state index contributed by atoms with van der Waals surface area (Å²) in [4.78, 5) is 20.7. The molecule has 148 valence electrons. The van der Waals surface area contributed by atoms with Gasteiger partial charge in [-0.1, -0.05) is 29.8 Å². The largest absolute Gasteiger partial charge is 0.352 e. The van der Waals surface area contributed by atoms with Gasteiger partial charge in [0.25, 0.3) is 0 Å². The highest BCUT2D eigenvalue weighted by molar-refractivity contribution is 6.31. The molecule has 1 aliphatic heterocycles. The van der Waals surface area contributed by atoms with Gasteiger partial charge in [-0.3, -0.25) is 9.78 Å². The van der Waals surface area contributed by atoms with Crippen molar-refractivity contribution in [1.82, 2.24) is 20.1 Å². The number of nitrogens with zero attached hydrogens (tertiary/aromatic N) is 5. The molecule has 4 rings (SSSR count). The van der Waals surface area contributed by atoms with E-state index in [0.29, 0.717) is 30.4 Å². The van der Waals surface area contributed by atoms with Crippen LogP contribution in [-0.2, 0) is 11.2 Å². The number of halogens is 1. The van der Waals surface area contributed by atoms with Crippen molar-refractivity contribution in [2.45, 2.75) is 6.42 Å². The van der Waals surface area contributed by atoms with E-state index in [0.717, 1.165) is 30.2 Å². The van der Waals surface area contributed by atoms with E-state index in [1.807, 2.05) is 53.4 Å². The number of anilines is 3. The second kappa shape index (κ2) is 8.87. The Kier molecular flexibility index (Phi) is 5.86. The van der Waals surface area contributed by atoms with Gasteiger partial charge in [-0.05, 0) is 35.9 Å². The van der Waals surface area contributed by atoms with Gasteiger partial charge in [0.2, 0.25) is 5.91 Å². The monoisotopic (exact) mass is 408 g/mol. The minimum atomic E-state index is 0.0971. The van der Waals surface area contributed by atoms with Crippen molar-refractivity contribution >= 4 is 34.8 Å². The average molecular weight is 409 g/mol. The molecule has 1 aromatic carbocycles. The van der Waals surface area contributed by atoms with E-state index in [1.165, 1.54) is 0 Å². The third-order valence-electron chi connectivity index (χ3n) is 4.84. The number of rotatable bonds is 5. The molecule has 1 fully saturated rings. The van der Waals surface area contributed by atoms with Crippen molar-refractivity contribution in [3.05, 3.63) is 71.5 Å². The Hall–Kier alpha value is -3.19. The number of carbonyl (C=O) groups excluding carboxylic acids is 1. The molecule has 0 saturated carbocycles. The zero-order valence-electron chi connectivity index (χ0n) is 15.8. The van der Waals surface area contributed by atoms with Gasteiger partial charge < -0.3 is 15.1 Å². The number of aromatic nitrogens is 3. The summed E-state index contributed by atoms with van der Waals surface area (Å²) in [6, 6.07) is 15.1. The number of benzene rings is 1. The minimum Gasteiger partial charge on any atom is -0.352 e. The highest BCUT2D eigenvalue weighted by atomic mass is 35.5. The zero-order valence-corrected chi connectivity index (χ0v) is 16.6. The van der Waals surface area contributed by atoms with Crippen LogP contribution in [0.4, 0.5) is 17.3 Å². The number of pyridine rings is 1. The van der Waals surface area contributed by atoms with Gasteiger partial charge in [-0.25, -0.2) is 0 Å². The number of hydrogen-bond acceptors (Lipinski definition) is 6. The number of piperazine rings is 1. The second-order valence-corrected chi connectivity index (χ2v) is 7.19. The first kappa shape index (κ1) is 19.1. The number of carbonyl (C=O) groups is 1. The predicted octanol–water partition coefficient (Wildman–Crippen LogP) is 3.16. The lowest BCUT2D eigenvalue weighted by Gasteiger charge is -2.35. The van der Waals surface area contributed by atoms with Crippen LogP contribution in [-0.4, -0.2) is 52.2 Å². The number of nitrogens with one attached hydrogen (secondary N) is 1. The Bertz CT molecular complexity index is 958. The molecule has 1 amide bonds. The van der Waals surface area contributed by atoms with Crippen LogP contribution in [0.25, 0.3) is 0 Å². The molecule has 0 radical (unpaired) electrons. The lowest BCUT2D eigenvalue weighted by Crippen LogP contribution is -2.49. The molecule has 0 spiro atoms. The summed E-state index contributed by atoms with van der Waals surface area (Å²) in [5.41, 5.74) is 1.73. The molecule has 8 heteroatoms. The lowest BCUT2D eigenvalue weighted by molar-refractivity contribution is -0.130. The maximum absolute atomic E-state index is 12.6. The number of hydrogen-bond donors (Lipinski definition) is 1. The molecular weight excluding hydrogens is 388 g/mol. The average Bonchev–Trinajstić information content (AvgIpc) is 2.77. The van der Waals surface area contributed by atoms with Gasteiger partial charge in [0.15, 0.2) is 11.6 Å². The quantitative estimate of drug-likeness (QED) is 0.699. The molecular formula is C21H21ClN6O. The molecule has 0 aliphatic carbocycles. The van der Waals surface area contributed by atoms with Gasteiger partial charge >= 0.3 is 0 Å². The van der Waals surface area contributed by atoms with E-state index in [-0.39, 0.29) is 5.91 Å². The van der Waals surface area contributed by atoms with E-state index in [4.69, 9.17) is 11.6 Å². The molecule has 0 atom stereocenters. The van der Waals surface area contributed by atoms with E-state index < -0.39 is 0 Å². The molecule has 0 bridgehead atoms. The SMILES string of the molecule is O=C(Cc1ccccc1Cl)N1CCN(c2ccc(Nc3cccnc3)nn2)CC1. The van der Waals surface area contributed by atoms with Gasteiger partial charge in [0, 0.05) is 37.4 Å². The highest BCUT2D eigenvalue weighted by Crippen LogP contribution is 2.19. The van der Waals surface area contributed by atoms with E-state index >= 15 is 0 Å². The molecule has 1 aliphatic rings. The zero-order chi connectivity index (χ0) is 20.1. The summed E-state index contributed by atoms with van der Waals surface area (Å²) in [6.45, 7) is 2.75. The van der Waals surface area contributed by atoms with Gasteiger partial charge in [-0.15, -0.1) is 10.2 Å². The van der Waals surface area contributed by atoms with Crippen LogP contribution in [0, 0.1) is 0 Å². The predicted molar refractivity (Wildman–Crippen MR) is 114 cm³/mol. The third-order valence-corrected chi connectivity index (χ3v) is 5.21. The first-order valence-electron chi connectivity index (χ1n) is 9.46.